The number of likely N-dealkylation sites (tertiary alicyclic amines) is 1. The summed E-state index contributed by atoms with van der Waals surface area (Å²) >= 11 is 0. The van der Waals surface area contributed by atoms with Crippen LogP contribution in [0.4, 0.5) is 0 Å². The highest BCUT2D eigenvalue weighted by molar-refractivity contribution is 5.94. The molecule has 0 aromatic heterocycles. The smallest absolute Gasteiger partial charge is 0.159 e. The summed E-state index contributed by atoms with van der Waals surface area (Å²) in [6, 6.07) is 9.08. The Bertz CT molecular complexity index is 599. The van der Waals surface area contributed by atoms with Gasteiger partial charge in [0.25, 0.3) is 0 Å². The Balaban J connectivity index is 1.62. The molecule has 144 valence electrons. The normalized spacial score (nSPS) is 24.0. The first-order chi connectivity index (χ1) is 12.6. The van der Waals surface area contributed by atoms with Crippen LogP contribution in [0.3, 0.4) is 0 Å². The maximum Gasteiger partial charge on any atom is 0.159 e. The molecule has 26 heavy (non-hydrogen) atoms. The van der Waals surface area contributed by atoms with E-state index in [1.807, 2.05) is 18.2 Å². The van der Waals surface area contributed by atoms with Crippen molar-refractivity contribution in [1.82, 2.24) is 14.7 Å². The number of piperazine rings is 1. The molecule has 0 bridgehead atoms. The van der Waals surface area contributed by atoms with Crippen LogP contribution in [-0.4, -0.2) is 84.1 Å². The zero-order valence-electron chi connectivity index (χ0n) is 16.2. The van der Waals surface area contributed by atoms with Crippen molar-refractivity contribution in [2.24, 2.45) is 0 Å². The van der Waals surface area contributed by atoms with Gasteiger partial charge in [0.1, 0.15) is 0 Å². The minimum atomic E-state index is 0.122. The van der Waals surface area contributed by atoms with Gasteiger partial charge in [-0.05, 0) is 58.0 Å². The quantitative estimate of drug-likeness (QED) is 0.786. The van der Waals surface area contributed by atoms with Gasteiger partial charge in [-0.25, -0.2) is 0 Å². The lowest BCUT2D eigenvalue weighted by atomic mass is 9.98. The van der Waals surface area contributed by atoms with Gasteiger partial charge in [0.05, 0.1) is 0 Å². The predicted octanol–water partition coefficient (Wildman–Crippen LogP) is 1.85. The zero-order valence-corrected chi connectivity index (χ0v) is 16.2. The minimum absolute atomic E-state index is 0.122. The summed E-state index contributed by atoms with van der Waals surface area (Å²) in [6.07, 6.45) is 3.31. The van der Waals surface area contributed by atoms with Crippen molar-refractivity contribution in [1.29, 1.82) is 0 Å². The maximum atomic E-state index is 11.6. The molecule has 0 aliphatic carbocycles. The van der Waals surface area contributed by atoms with E-state index in [2.05, 4.69) is 27.8 Å². The topological polar surface area (TPSA) is 47.0 Å². The molecule has 2 saturated heterocycles. The lowest BCUT2D eigenvalue weighted by molar-refractivity contribution is 0.00599. The summed E-state index contributed by atoms with van der Waals surface area (Å²) in [5.74, 6) is 0.122. The fourth-order valence-electron chi connectivity index (χ4n) is 4.44. The van der Waals surface area contributed by atoms with Crippen molar-refractivity contribution in [3.8, 4) is 0 Å². The van der Waals surface area contributed by atoms with Gasteiger partial charge in [-0.15, -0.1) is 0 Å². The van der Waals surface area contributed by atoms with Crippen molar-refractivity contribution in [2.45, 2.75) is 44.8 Å². The number of nitrogens with zero attached hydrogens (tertiary/aromatic N) is 3. The molecule has 5 heteroatoms. The number of piperidine rings is 1. The van der Waals surface area contributed by atoms with Gasteiger partial charge < -0.3 is 10.0 Å². The summed E-state index contributed by atoms with van der Waals surface area (Å²) in [6.45, 7) is 8.23. The van der Waals surface area contributed by atoms with Crippen LogP contribution in [0.25, 0.3) is 0 Å². The molecule has 3 rings (SSSR count). The maximum absolute atomic E-state index is 11.6. The van der Waals surface area contributed by atoms with Gasteiger partial charge in [0, 0.05) is 50.4 Å². The molecule has 0 radical (unpaired) electrons. The summed E-state index contributed by atoms with van der Waals surface area (Å²) in [5, 5.41) is 9.56. The molecule has 2 heterocycles. The van der Waals surface area contributed by atoms with Crippen LogP contribution < -0.4 is 0 Å². The third-order valence-corrected chi connectivity index (χ3v) is 5.97. The molecular weight excluding hydrogens is 326 g/mol. The summed E-state index contributed by atoms with van der Waals surface area (Å²) in [4.78, 5) is 19.2. The molecule has 5 nitrogen and oxygen atoms in total. The third kappa shape index (κ3) is 4.92. The van der Waals surface area contributed by atoms with Crippen molar-refractivity contribution in [2.75, 3.05) is 46.4 Å². The van der Waals surface area contributed by atoms with Gasteiger partial charge in [0.2, 0.25) is 0 Å². The minimum Gasteiger partial charge on any atom is -0.396 e. The van der Waals surface area contributed by atoms with E-state index in [1.54, 1.807) is 6.92 Å². The highest BCUT2D eigenvalue weighted by Crippen LogP contribution is 2.24. The predicted molar refractivity (Wildman–Crippen MR) is 104 cm³/mol. The number of hydrogen-bond acceptors (Lipinski definition) is 5. The van der Waals surface area contributed by atoms with E-state index in [9.17, 15) is 9.90 Å². The van der Waals surface area contributed by atoms with E-state index in [1.165, 1.54) is 31.5 Å². The van der Waals surface area contributed by atoms with Crippen molar-refractivity contribution >= 4 is 5.78 Å². The van der Waals surface area contributed by atoms with E-state index in [0.717, 1.165) is 38.2 Å². The Morgan fingerprint density at radius 3 is 2.65 bits per heavy atom. The molecule has 1 atom stereocenters. The Hall–Kier alpha value is -1.27. The van der Waals surface area contributed by atoms with E-state index in [4.69, 9.17) is 0 Å². The van der Waals surface area contributed by atoms with E-state index >= 15 is 0 Å². The van der Waals surface area contributed by atoms with Crippen LogP contribution in [0.2, 0.25) is 0 Å². The molecule has 1 aromatic rings. The Morgan fingerprint density at radius 2 is 1.96 bits per heavy atom. The first-order valence-corrected chi connectivity index (χ1v) is 9.94. The second kappa shape index (κ2) is 9.09. The van der Waals surface area contributed by atoms with E-state index < -0.39 is 0 Å². The van der Waals surface area contributed by atoms with Crippen molar-refractivity contribution < 1.29 is 9.90 Å². The van der Waals surface area contributed by atoms with Crippen LogP contribution in [-0.2, 0) is 6.54 Å². The summed E-state index contributed by atoms with van der Waals surface area (Å²) in [7, 11) is 2.20. The largest absolute Gasteiger partial charge is 0.396 e. The number of aliphatic hydroxyl groups excluding tert-OH is 1. The fraction of sp³-hybridized carbons (Fsp3) is 0.667. The van der Waals surface area contributed by atoms with Gasteiger partial charge in [-0.3, -0.25) is 14.6 Å². The first-order valence-electron chi connectivity index (χ1n) is 9.94. The van der Waals surface area contributed by atoms with Crippen molar-refractivity contribution in [3.63, 3.8) is 0 Å². The Labute approximate surface area is 157 Å². The second-order valence-corrected chi connectivity index (χ2v) is 7.93. The van der Waals surface area contributed by atoms with Gasteiger partial charge in [-0.1, -0.05) is 18.2 Å². The van der Waals surface area contributed by atoms with Crippen LogP contribution in [0.5, 0.6) is 0 Å². The lowest BCUT2D eigenvalue weighted by Gasteiger charge is -2.47. The summed E-state index contributed by atoms with van der Waals surface area (Å²) < 4.78 is 0. The van der Waals surface area contributed by atoms with Gasteiger partial charge >= 0.3 is 0 Å². The van der Waals surface area contributed by atoms with Gasteiger partial charge in [-0.2, -0.15) is 0 Å². The first kappa shape index (κ1) is 19.5. The number of rotatable bonds is 6. The average Bonchev–Trinajstić information content (AvgIpc) is 2.63. The molecule has 2 aliphatic heterocycles. The lowest BCUT2D eigenvalue weighted by Crippen LogP contribution is -2.58. The second-order valence-electron chi connectivity index (χ2n) is 7.93. The van der Waals surface area contributed by atoms with Crippen LogP contribution in [0.15, 0.2) is 24.3 Å². The number of aliphatic hydroxyl groups is 1. The number of carbonyl (C=O) groups excluding carboxylic acids is 1. The molecule has 0 spiro atoms. The van der Waals surface area contributed by atoms with Crippen LogP contribution in [0.1, 0.15) is 42.1 Å². The number of ketones is 1. The number of carbonyl (C=O) groups is 1. The highest BCUT2D eigenvalue weighted by Gasteiger charge is 2.32. The third-order valence-electron chi connectivity index (χ3n) is 5.97. The van der Waals surface area contributed by atoms with E-state index in [0.29, 0.717) is 12.1 Å². The molecule has 2 fully saturated rings. The van der Waals surface area contributed by atoms with Crippen LogP contribution >= 0.6 is 0 Å². The highest BCUT2D eigenvalue weighted by atomic mass is 16.3. The molecule has 0 saturated carbocycles. The van der Waals surface area contributed by atoms with Crippen LogP contribution in [0, 0.1) is 0 Å². The molecular formula is C21H33N3O2. The zero-order chi connectivity index (χ0) is 18.5. The van der Waals surface area contributed by atoms with Crippen molar-refractivity contribution in [3.05, 3.63) is 35.4 Å². The molecule has 0 unspecified atom stereocenters. The SMILES string of the molecule is CC(=O)c1cccc(CN2CCN(C3CCN(C)CC3)[C@H](CCO)C2)c1. The molecule has 2 aliphatic rings. The monoisotopic (exact) mass is 359 g/mol. The average molecular weight is 360 g/mol. The number of Topliss-reactive ketones (excluding diaryl/α,β-unsaturated/α-hetero) is 1. The van der Waals surface area contributed by atoms with E-state index in [-0.39, 0.29) is 12.4 Å². The Morgan fingerprint density at radius 1 is 1.19 bits per heavy atom. The Kier molecular flexibility index (Phi) is 6.81. The molecule has 0 amide bonds. The summed E-state index contributed by atoms with van der Waals surface area (Å²) in [5.41, 5.74) is 1.99. The number of benzene rings is 1. The molecule has 1 N–H and O–H groups in total. The standard InChI is InChI=1S/C21H33N3O2/c1-17(26)19-5-3-4-18(14-19)15-23-11-12-24(21(16-23)8-13-25)20-6-9-22(2)10-7-20/h3-5,14,20-21,25H,6-13,15-16H2,1-2H3/t21-/m1/s1. The molecule has 1 aromatic carbocycles. The number of hydrogen-bond donors (Lipinski definition) is 1. The fourth-order valence-corrected chi connectivity index (χ4v) is 4.44. The van der Waals surface area contributed by atoms with Gasteiger partial charge in [0.15, 0.2) is 5.78 Å².